The van der Waals surface area contributed by atoms with Gasteiger partial charge in [-0.25, -0.2) is 4.98 Å². The average molecular weight is 459 g/mol. The van der Waals surface area contributed by atoms with Crippen molar-refractivity contribution >= 4 is 28.5 Å². The van der Waals surface area contributed by atoms with Crippen LogP contribution in [-0.4, -0.2) is 15.5 Å². The van der Waals surface area contributed by atoms with E-state index in [4.69, 9.17) is 0 Å². The SMILES string of the molecule is Cc1ccc(-c2cc(=O)n(CC(=O)NCc3ccc(I)cc3)cn2)cc1. The highest BCUT2D eigenvalue weighted by molar-refractivity contribution is 14.1. The molecular weight excluding hydrogens is 441 g/mol. The minimum Gasteiger partial charge on any atom is -0.350 e. The van der Waals surface area contributed by atoms with Gasteiger partial charge in [-0.2, -0.15) is 0 Å². The van der Waals surface area contributed by atoms with Crippen molar-refractivity contribution in [2.45, 2.75) is 20.0 Å². The smallest absolute Gasteiger partial charge is 0.254 e. The Morgan fingerprint density at radius 3 is 2.46 bits per heavy atom. The Morgan fingerprint density at radius 1 is 1.12 bits per heavy atom. The van der Waals surface area contributed by atoms with Gasteiger partial charge in [0, 0.05) is 21.7 Å². The second-order valence-electron chi connectivity index (χ2n) is 6.01. The standard InChI is InChI=1S/C20H18IN3O2/c1-14-2-6-16(7-3-14)18-10-20(26)24(13-23-18)12-19(25)22-11-15-4-8-17(21)9-5-15/h2-10,13H,11-12H2,1H3,(H,22,25). The topological polar surface area (TPSA) is 64.0 Å². The quantitative estimate of drug-likeness (QED) is 0.597. The van der Waals surface area contributed by atoms with Gasteiger partial charge in [-0.3, -0.25) is 14.2 Å². The molecule has 0 aliphatic carbocycles. The molecule has 0 aliphatic rings. The molecule has 0 spiro atoms. The van der Waals surface area contributed by atoms with Crippen LogP contribution in [0.2, 0.25) is 0 Å². The summed E-state index contributed by atoms with van der Waals surface area (Å²) in [5, 5.41) is 2.82. The summed E-state index contributed by atoms with van der Waals surface area (Å²) in [6.45, 7) is 2.38. The van der Waals surface area contributed by atoms with Crippen molar-refractivity contribution in [3.63, 3.8) is 0 Å². The van der Waals surface area contributed by atoms with E-state index in [1.165, 1.54) is 17.0 Å². The molecule has 0 bridgehead atoms. The van der Waals surface area contributed by atoms with Crippen LogP contribution in [0.15, 0.2) is 65.7 Å². The maximum absolute atomic E-state index is 12.3. The summed E-state index contributed by atoms with van der Waals surface area (Å²) < 4.78 is 2.45. The first kappa shape index (κ1) is 18.3. The van der Waals surface area contributed by atoms with Crippen molar-refractivity contribution in [2.75, 3.05) is 0 Å². The van der Waals surface area contributed by atoms with Gasteiger partial charge >= 0.3 is 0 Å². The molecule has 0 saturated heterocycles. The minimum atomic E-state index is -0.250. The Hall–Kier alpha value is -2.48. The number of aromatic nitrogens is 2. The molecule has 5 nitrogen and oxygen atoms in total. The molecule has 0 radical (unpaired) electrons. The third kappa shape index (κ3) is 4.78. The number of benzene rings is 2. The molecule has 0 unspecified atom stereocenters. The van der Waals surface area contributed by atoms with Crippen molar-refractivity contribution in [3.05, 3.63) is 86.0 Å². The highest BCUT2D eigenvalue weighted by Crippen LogP contribution is 2.15. The van der Waals surface area contributed by atoms with Gasteiger partial charge in [-0.15, -0.1) is 0 Å². The summed E-state index contributed by atoms with van der Waals surface area (Å²) in [5.41, 5.74) is 3.39. The molecule has 0 aliphatic heterocycles. The zero-order valence-corrected chi connectivity index (χ0v) is 16.4. The molecule has 2 aromatic carbocycles. The van der Waals surface area contributed by atoms with Gasteiger partial charge in [0.1, 0.15) is 6.54 Å². The van der Waals surface area contributed by atoms with Crippen molar-refractivity contribution in [2.24, 2.45) is 0 Å². The summed E-state index contributed by atoms with van der Waals surface area (Å²) >= 11 is 2.23. The van der Waals surface area contributed by atoms with Crippen molar-refractivity contribution in [1.82, 2.24) is 14.9 Å². The van der Waals surface area contributed by atoms with Crippen molar-refractivity contribution < 1.29 is 4.79 Å². The number of hydrogen-bond acceptors (Lipinski definition) is 3. The van der Waals surface area contributed by atoms with Gasteiger partial charge in [0.15, 0.2) is 0 Å². The van der Waals surface area contributed by atoms with Gasteiger partial charge in [-0.1, -0.05) is 42.0 Å². The third-order valence-corrected chi connectivity index (χ3v) is 4.66. The first-order valence-corrected chi connectivity index (χ1v) is 9.24. The average Bonchev–Trinajstić information content (AvgIpc) is 2.63. The molecule has 0 atom stereocenters. The lowest BCUT2D eigenvalue weighted by molar-refractivity contribution is -0.121. The fourth-order valence-corrected chi connectivity index (χ4v) is 2.80. The number of rotatable bonds is 5. The zero-order valence-electron chi connectivity index (χ0n) is 14.3. The van der Waals surface area contributed by atoms with Gasteiger partial charge in [0.25, 0.3) is 5.56 Å². The molecule has 3 rings (SSSR count). The van der Waals surface area contributed by atoms with Crippen LogP contribution < -0.4 is 10.9 Å². The predicted octanol–water partition coefficient (Wildman–Crippen LogP) is 3.14. The monoisotopic (exact) mass is 459 g/mol. The van der Waals surface area contributed by atoms with Crippen LogP contribution in [-0.2, 0) is 17.9 Å². The number of halogens is 1. The fourth-order valence-electron chi connectivity index (χ4n) is 2.44. The summed E-state index contributed by atoms with van der Waals surface area (Å²) in [4.78, 5) is 28.7. The van der Waals surface area contributed by atoms with Crippen LogP contribution in [0, 0.1) is 10.5 Å². The van der Waals surface area contributed by atoms with Gasteiger partial charge < -0.3 is 5.32 Å². The lowest BCUT2D eigenvalue weighted by Gasteiger charge is -2.08. The summed E-state index contributed by atoms with van der Waals surface area (Å²) in [5.74, 6) is -0.226. The van der Waals surface area contributed by atoms with E-state index in [9.17, 15) is 9.59 Å². The maximum Gasteiger partial charge on any atom is 0.254 e. The van der Waals surface area contributed by atoms with Crippen LogP contribution in [0.4, 0.5) is 0 Å². The van der Waals surface area contributed by atoms with E-state index in [1.54, 1.807) is 0 Å². The Kier molecular flexibility index (Phi) is 5.82. The molecule has 1 amide bonds. The van der Waals surface area contributed by atoms with Crippen LogP contribution in [0.1, 0.15) is 11.1 Å². The highest BCUT2D eigenvalue weighted by Gasteiger charge is 2.07. The second-order valence-corrected chi connectivity index (χ2v) is 7.26. The van der Waals surface area contributed by atoms with E-state index in [0.29, 0.717) is 12.2 Å². The first-order valence-electron chi connectivity index (χ1n) is 8.16. The molecule has 1 N–H and O–H groups in total. The molecule has 1 aromatic heterocycles. The third-order valence-electron chi connectivity index (χ3n) is 3.94. The first-order chi connectivity index (χ1) is 12.5. The highest BCUT2D eigenvalue weighted by atomic mass is 127. The zero-order chi connectivity index (χ0) is 18.5. The molecule has 1 heterocycles. The summed E-state index contributed by atoms with van der Waals surface area (Å²) in [6, 6.07) is 17.2. The van der Waals surface area contributed by atoms with Crippen LogP contribution >= 0.6 is 22.6 Å². The van der Waals surface area contributed by atoms with E-state index in [2.05, 4.69) is 32.9 Å². The van der Waals surface area contributed by atoms with E-state index in [-0.39, 0.29) is 18.0 Å². The normalized spacial score (nSPS) is 10.5. The predicted molar refractivity (Wildman–Crippen MR) is 110 cm³/mol. The number of aryl methyl sites for hydroxylation is 1. The number of nitrogens with one attached hydrogen (secondary N) is 1. The molecule has 26 heavy (non-hydrogen) atoms. The molecule has 3 aromatic rings. The molecule has 0 saturated carbocycles. The van der Waals surface area contributed by atoms with E-state index < -0.39 is 0 Å². The van der Waals surface area contributed by atoms with E-state index >= 15 is 0 Å². The Morgan fingerprint density at radius 2 is 1.81 bits per heavy atom. The lowest BCUT2D eigenvalue weighted by Crippen LogP contribution is -2.31. The molecular formula is C20H18IN3O2. The molecule has 0 fully saturated rings. The Balaban J connectivity index is 1.64. The molecule has 6 heteroatoms. The number of hydrogen-bond donors (Lipinski definition) is 1. The number of carbonyl (C=O) groups excluding carboxylic acids is 1. The van der Waals surface area contributed by atoms with Crippen LogP contribution in [0.25, 0.3) is 11.3 Å². The lowest BCUT2D eigenvalue weighted by atomic mass is 10.1. The fraction of sp³-hybridized carbons (Fsp3) is 0.150. The van der Waals surface area contributed by atoms with Crippen LogP contribution in [0.5, 0.6) is 0 Å². The maximum atomic E-state index is 12.3. The Bertz CT molecular complexity index is 964. The van der Waals surface area contributed by atoms with Crippen LogP contribution in [0.3, 0.4) is 0 Å². The summed E-state index contributed by atoms with van der Waals surface area (Å²) in [6.07, 6.45) is 1.42. The van der Waals surface area contributed by atoms with Crippen molar-refractivity contribution in [3.8, 4) is 11.3 Å². The number of amides is 1. The van der Waals surface area contributed by atoms with Gasteiger partial charge in [-0.05, 0) is 47.2 Å². The minimum absolute atomic E-state index is 0.0512. The van der Waals surface area contributed by atoms with E-state index in [0.717, 1.165) is 20.3 Å². The largest absolute Gasteiger partial charge is 0.350 e. The summed E-state index contributed by atoms with van der Waals surface area (Å²) in [7, 11) is 0. The Labute approximate surface area is 165 Å². The number of nitrogens with zero attached hydrogens (tertiary/aromatic N) is 2. The van der Waals surface area contributed by atoms with Gasteiger partial charge in [0.05, 0.1) is 12.0 Å². The van der Waals surface area contributed by atoms with Gasteiger partial charge in [0.2, 0.25) is 5.91 Å². The number of carbonyl (C=O) groups is 1. The van der Waals surface area contributed by atoms with E-state index in [1.807, 2.05) is 55.5 Å². The van der Waals surface area contributed by atoms with Crippen molar-refractivity contribution in [1.29, 1.82) is 0 Å². The second kappa shape index (κ2) is 8.27. The molecule has 132 valence electrons.